The number of hydrogen-bond acceptors (Lipinski definition) is 3. The first-order valence-corrected chi connectivity index (χ1v) is 7.66. The van der Waals surface area contributed by atoms with Gasteiger partial charge in [-0.1, -0.05) is 19.9 Å². The average molecular weight is 342 g/mol. The maximum atomic E-state index is 13.7. The van der Waals surface area contributed by atoms with Gasteiger partial charge in [-0.3, -0.25) is 9.59 Å². The summed E-state index contributed by atoms with van der Waals surface area (Å²) in [6, 6.07) is 2.14. The van der Waals surface area contributed by atoms with Crippen LogP contribution in [0.1, 0.15) is 38.1 Å². The van der Waals surface area contributed by atoms with Crippen molar-refractivity contribution in [2.24, 2.45) is 5.92 Å². The number of carbonyl (C=O) groups excluding carboxylic acids is 2. The van der Waals surface area contributed by atoms with E-state index in [9.17, 15) is 23.5 Å². The van der Waals surface area contributed by atoms with E-state index in [1.807, 2.05) is 0 Å². The molecule has 0 saturated heterocycles. The van der Waals surface area contributed by atoms with E-state index in [4.69, 9.17) is 0 Å². The number of rotatable bonds is 6. The first-order valence-electron chi connectivity index (χ1n) is 7.66. The zero-order valence-corrected chi connectivity index (χ0v) is 14.6. The number of benzene rings is 1. The molecule has 0 bridgehead atoms. The lowest BCUT2D eigenvalue weighted by Gasteiger charge is -2.30. The molecule has 0 aromatic heterocycles. The maximum absolute atomic E-state index is 13.7. The van der Waals surface area contributed by atoms with Crippen molar-refractivity contribution in [3.05, 3.63) is 35.4 Å². The monoisotopic (exact) mass is 342 g/mol. The highest BCUT2D eigenvalue weighted by atomic mass is 19.1. The Bertz CT molecular complexity index is 592. The van der Waals surface area contributed by atoms with Gasteiger partial charge in [0.05, 0.1) is 5.60 Å². The second kappa shape index (κ2) is 7.70. The van der Waals surface area contributed by atoms with Crippen LogP contribution in [0.2, 0.25) is 0 Å². The van der Waals surface area contributed by atoms with Crippen LogP contribution >= 0.6 is 0 Å². The van der Waals surface area contributed by atoms with Crippen molar-refractivity contribution in [3.63, 3.8) is 0 Å². The fraction of sp³-hybridized carbons (Fsp3) is 0.529. The van der Waals surface area contributed by atoms with Gasteiger partial charge in [-0.2, -0.15) is 0 Å². The molecule has 1 unspecified atom stereocenters. The van der Waals surface area contributed by atoms with Crippen molar-refractivity contribution in [2.75, 3.05) is 13.6 Å². The number of carbonyl (C=O) groups is 2. The smallest absolute Gasteiger partial charge is 0.257 e. The highest BCUT2D eigenvalue weighted by Gasteiger charge is 2.31. The number of amides is 2. The Hall–Kier alpha value is -2.02. The van der Waals surface area contributed by atoms with Gasteiger partial charge in [-0.25, -0.2) is 8.78 Å². The van der Waals surface area contributed by atoms with Crippen LogP contribution in [0.3, 0.4) is 0 Å². The molecule has 0 spiro atoms. The maximum Gasteiger partial charge on any atom is 0.257 e. The first-order chi connectivity index (χ1) is 10.9. The summed E-state index contributed by atoms with van der Waals surface area (Å²) in [5.74, 6) is -3.73. The molecule has 0 saturated carbocycles. The summed E-state index contributed by atoms with van der Waals surface area (Å²) in [6.45, 7) is 6.57. The summed E-state index contributed by atoms with van der Waals surface area (Å²) < 4.78 is 27.4. The predicted octanol–water partition coefficient (Wildman–Crippen LogP) is 1.95. The summed E-state index contributed by atoms with van der Waals surface area (Å²) in [7, 11) is 1.49. The summed E-state index contributed by atoms with van der Waals surface area (Å²) in [4.78, 5) is 26.0. The van der Waals surface area contributed by atoms with E-state index in [0.717, 1.165) is 18.2 Å². The number of hydrogen-bond donors (Lipinski definition) is 2. The quantitative estimate of drug-likeness (QED) is 0.830. The Morgan fingerprint density at radius 3 is 2.17 bits per heavy atom. The molecule has 7 heteroatoms. The molecule has 0 fully saturated rings. The van der Waals surface area contributed by atoms with E-state index in [1.54, 1.807) is 27.7 Å². The molecule has 0 heterocycles. The second-order valence-corrected chi connectivity index (χ2v) is 6.80. The molecular formula is C17H24F2N2O3. The summed E-state index contributed by atoms with van der Waals surface area (Å²) >= 11 is 0. The number of halogens is 2. The number of likely N-dealkylation sites (N-methyl/N-ethyl adjacent to an activating group) is 1. The highest BCUT2D eigenvalue weighted by molar-refractivity contribution is 5.98. The third kappa shape index (κ3) is 5.26. The van der Waals surface area contributed by atoms with Gasteiger partial charge in [0, 0.05) is 13.6 Å². The summed E-state index contributed by atoms with van der Waals surface area (Å²) in [5.41, 5.74) is -1.82. The van der Waals surface area contributed by atoms with Gasteiger partial charge in [-0.05, 0) is 31.9 Å². The molecular weight excluding hydrogens is 318 g/mol. The molecule has 0 aliphatic rings. The van der Waals surface area contributed by atoms with Crippen molar-refractivity contribution < 1.29 is 23.5 Å². The minimum Gasteiger partial charge on any atom is -0.389 e. The van der Waals surface area contributed by atoms with Gasteiger partial charge in [-0.15, -0.1) is 0 Å². The molecule has 0 aliphatic carbocycles. The minimum atomic E-state index is -1.10. The van der Waals surface area contributed by atoms with E-state index in [-0.39, 0.29) is 12.5 Å². The third-order valence-corrected chi connectivity index (χ3v) is 3.41. The Balaban J connectivity index is 2.98. The normalized spacial score (nSPS) is 12.9. The van der Waals surface area contributed by atoms with Gasteiger partial charge in [0.15, 0.2) is 0 Å². The van der Waals surface area contributed by atoms with Crippen LogP contribution in [-0.2, 0) is 4.79 Å². The highest BCUT2D eigenvalue weighted by Crippen LogP contribution is 2.14. The van der Waals surface area contributed by atoms with E-state index in [1.165, 1.54) is 11.9 Å². The van der Waals surface area contributed by atoms with Crippen LogP contribution in [0.15, 0.2) is 18.2 Å². The van der Waals surface area contributed by atoms with Crippen molar-refractivity contribution >= 4 is 11.8 Å². The van der Waals surface area contributed by atoms with Crippen LogP contribution in [0.25, 0.3) is 0 Å². The summed E-state index contributed by atoms with van der Waals surface area (Å²) in [6.07, 6.45) is 0. The molecule has 1 atom stereocenters. The Morgan fingerprint density at radius 2 is 1.75 bits per heavy atom. The van der Waals surface area contributed by atoms with Crippen LogP contribution in [0.5, 0.6) is 0 Å². The predicted molar refractivity (Wildman–Crippen MR) is 86.4 cm³/mol. The molecule has 5 nitrogen and oxygen atoms in total. The van der Waals surface area contributed by atoms with Crippen molar-refractivity contribution in [2.45, 2.75) is 39.3 Å². The topological polar surface area (TPSA) is 69.6 Å². The van der Waals surface area contributed by atoms with Crippen LogP contribution in [0.4, 0.5) is 8.78 Å². The molecule has 0 radical (unpaired) electrons. The summed E-state index contributed by atoms with van der Waals surface area (Å²) in [5, 5.41) is 12.2. The van der Waals surface area contributed by atoms with Gasteiger partial charge in [0.25, 0.3) is 5.91 Å². The Morgan fingerprint density at radius 1 is 1.25 bits per heavy atom. The number of nitrogens with zero attached hydrogens (tertiary/aromatic N) is 1. The SMILES string of the molecule is CC(C)C(NC(=O)c1c(F)cccc1F)C(=O)N(C)CC(C)(C)O. The molecule has 1 aromatic rings. The standard InChI is InChI=1S/C17H24F2N2O3/c1-10(2)14(16(23)21(5)9-17(3,4)24)20-15(22)13-11(18)7-6-8-12(13)19/h6-8,10,14,24H,9H2,1-5H3,(H,20,22). The van der Waals surface area contributed by atoms with E-state index in [2.05, 4.69) is 5.32 Å². The molecule has 2 N–H and O–H groups in total. The largest absolute Gasteiger partial charge is 0.389 e. The Kier molecular flexibility index (Phi) is 6.42. The van der Waals surface area contributed by atoms with Crippen molar-refractivity contribution in [3.8, 4) is 0 Å². The molecule has 24 heavy (non-hydrogen) atoms. The van der Waals surface area contributed by atoms with E-state index in [0.29, 0.717) is 0 Å². The lowest BCUT2D eigenvalue weighted by molar-refractivity contribution is -0.135. The minimum absolute atomic E-state index is 0.0545. The van der Waals surface area contributed by atoms with Crippen molar-refractivity contribution in [1.82, 2.24) is 10.2 Å². The van der Waals surface area contributed by atoms with Crippen LogP contribution < -0.4 is 5.32 Å². The van der Waals surface area contributed by atoms with Crippen LogP contribution in [-0.4, -0.2) is 47.1 Å². The molecule has 0 aliphatic heterocycles. The zero-order valence-electron chi connectivity index (χ0n) is 14.6. The molecule has 2 amide bonds. The molecule has 1 rings (SSSR count). The van der Waals surface area contributed by atoms with Crippen LogP contribution in [0, 0.1) is 17.6 Å². The van der Waals surface area contributed by atoms with E-state index < -0.39 is 40.7 Å². The average Bonchev–Trinajstić information content (AvgIpc) is 2.41. The van der Waals surface area contributed by atoms with Gasteiger partial charge < -0.3 is 15.3 Å². The first kappa shape index (κ1) is 20.0. The molecule has 134 valence electrons. The number of nitrogens with one attached hydrogen (secondary N) is 1. The number of aliphatic hydroxyl groups is 1. The Labute approximate surface area is 140 Å². The van der Waals surface area contributed by atoms with Gasteiger partial charge in [0.1, 0.15) is 23.2 Å². The van der Waals surface area contributed by atoms with Crippen molar-refractivity contribution in [1.29, 1.82) is 0 Å². The molecule has 1 aromatic carbocycles. The lowest BCUT2D eigenvalue weighted by atomic mass is 10.0. The van der Waals surface area contributed by atoms with Gasteiger partial charge in [0.2, 0.25) is 5.91 Å². The zero-order chi connectivity index (χ0) is 18.7. The fourth-order valence-electron chi connectivity index (χ4n) is 2.34. The lowest BCUT2D eigenvalue weighted by Crippen LogP contribution is -2.52. The fourth-order valence-corrected chi connectivity index (χ4v) is 2.34. The second-order valence-electron chi connectivity index (χ2n) is 6.80. The van der Waals surface area contributed by atoms with E-state index >= 15 is 0 Å². The van der Waals surface area contributed by atoms with Gasteiger partial charge >= 0.3 is 0 Å². The third-order valence-electron chi connectivity index (χ3n) is 3.41.